The lowest BCUT2D eigenvalue weighted by Crippen LogP contribution is -2.24. The number of hydrogen-bond acceptors (Lipinski definition) is 5. The Kier molecular flexibility index (Phi) is 4.79. The van der Waals surface area contributed by atoms with E-state index in [0.717, 1.165) is 27.6 Å². The predicted octanol–water partition coefficient (Wildman–Crippen LogP) is 4.32. The highest BCUT2D eigenvalue weighted by Gasteiger charge is 2.17. The van der Waals surface area contributed by atoms with Gasteiger partial charge in [-0.15, -0.1) is 5.10 Å². The van der Waals surface area contributed by atoms with Gasteiger partial charge in [0.05, 0.1) is 11.6 Å². The summed E-state index contributed by atoms with van der Waals surface area (Å²) >= 11 is 1.37. The van der Waals surface area contributed by atoms with E-state index in [-0.39, 0.29) is 11.5 Å². The number of fused-ring (bicyclic) bond motifs is 2. The van der Waals surface area contributed by atoms with Crippen LogP contribution in [0.1, 0.15) is 35.4 Å². The number of methoxy groups -OCH3 is 1. The van der Waals surface area contributed by atoms with Gasteiger partial charge in [-0.3, -0.25) is 4.79 Å². The zero-order valence-corrected chi connectivity index (χ0v) is 18.3. The summed E-state index contributed by atoms with van der Waals surface area (Å²) in [7, 11) is 1.67. The maximum atomic E-state index is 12.8. The standard InChI is InChI=1S/C25H21N3O2S/c1-15-4-6-17(7-5-15)12-22-24(29)28-25(31-22)26-23(27-28)16(2)18-8-9-20-14-21(30-3)11-10-19(20)13-18/h4-14,16H,1-3H3/b22-12-/t16-/m0/s1. The molecule has 5 aromatic rings. The van der Waals surface area contributed by atoms with Gasteiger partial charge in [-0.1, -0.05) is 72.4 Å². The molecule has 154 valence electrons. The first-order valence-corrected chi connectivity index (χ1v) is 10.9. The molecule has 2 aromatic heterocycles. The van der Waals surface area contributed by atoms with Gasteiger partial charge < -0.3 is 4.74 Å². The lowest BCUT2D eigenvalue weighted by atomic mass is 9.97. The van der Waals surface area contributed by atoms with Crippen molar-refractivity contribution >= 4 is 33.1 Å². The lowest BCUT2D eigenvalue weighted by molar-refractivity contribution is 0.415. The molecule has 1 atom stereocenters. The number of rotatable bonds is 4. The smallest absolute Gasteiger partial charge is 0.291 e. The van der Waals surface area contributed by atoms with Gasteiger partial charge in [-0.25, -0.2) is 4.98 Å². The summed E-state index contributed by atoms with van der Waals surface area (Å²) in [6.45, 7) is 4.11. The Balaban J connectivity index is 1.50. The van der Waals surface area contributed by atoms with E-state index in [2.05, 4.69) is 35.2 Å². The van der Waals surface area contributed by atoms with Crippen molar-refractivity contribution in [2.75, 3.05) is 7.11 Å². The van der Waals surface area contributed by atoms with E-state index in [1.807, 2.05) is 55.5 Å². The molecular formula is C25H21N3O2S. The molecule has 0 saturated heterocycles. The summed E-state index contributed by atoms with van der Waals surface area (Å²) in [5, 5.41) is 6.78. The Bertz CT molecular complexity index is 1520. The quantitative estimate of drug-likeness (QED) is 0.429. The lowest BCUT2D eigenvalue weighted by Gasteiger charge is -2.10. The Morgan fingerprint density at radius 1 is 1.03 bits per heavy atom. The van der Waals surface area contributed by atoms with E-state index in [4.69, 9.17) is 4.74 Å². The van der Waals surface area contributed by atoms with E-state index in [9.17, 15) is 4.79 Å². The van der Waals surface area contributed by atoms with Gasteiger partial charge in [0.15, 0.2) is 5.82 Å². The summed E-state index contributed by atoms with van der Waals surface area (Å²) in [6.07, 6.45) is 1.89. The van der Waals surface area contributed by atoms with Crippen molar-refractivity contribution in [1.82, 2.24) is 14.6 Å². The Morgan fingerprint density at radius 3 is 2.52 bits per heavy atom. The van der Waals surface area contributed by atoms with Gasteiger partial charge >= 0.3 is 0 Å². The van der Waals surface area contributed by atoms with Crippen molar-refractivity contribution in [2.24, 2.45) is 0 Å². The fourth-order valence-corrected chi connectivity index (χ4v) is 4.55. The monoisotopic (exact) mass is 427 g/mol. The Hall–Kier alpha value is -3.51. The summed E-state index contributed by atoms with van der Waals surface area (Å²) < 4.78 is 7.36. The number of ether oxygens (including phenoxy) is 1. The van der Waals surface area contributed by atoms with E-state index in [1.165, 1.54) is 21.4 Å². The molecule has 0 aliphatic heterocycles. The van der Waals surface area contributed by atoms with E-state index in [0.29, 0.717) is 15.3 Å². The van der Waals surface area contributed by atoms with Crippen molar-refractivity contribution in [3.8, 4) is 5.75 Å². The van der Waals surface area contributed by atoms with Crippen molar-refractivity contribution in [3.63, 3.8) is 0 Å². The zero-order valence-electron chi connectivity index (χ0n) is 17.5. The van der Waals surface area contributed by atoms with Crippen LogP contribution in [0, 0.1) is 6.92 Å². The molecular weight excluding hydrogens is 406 g/mol. The van der Waals surface area contributed by atoms with E-state index >= 15 is 0 Å². The molecule has 2 heterocycles. The van der Waals surface area contributed by atoms with Crippen LogP contribution < -0.4 is 14.8 Å². The minimum atomic E-state index is -0.128. The van der Waals surface area contributed by atoms with Gasteiger partial charge in [0, 0.05) is 5.92 Å². The minimum absolute atomic E-state index is 0.0254. The molecule has 0 N–H and O–H groups in total. The molecule has 0 bridgehead atoms. The normalized spacial score (nSPS) is 13.2. The maximum absolute atomic E-state index is 12.8. The van der Waals surface area contributed by atoms with Gasteiger partial charge in [-0.05, 0) is 47.0 Å². The predicted molar refractivity (Wildman–Crippen MR) is 125 cm³/mol. The average Bonchev–Trinajstić information content (AvgIpc) is 3.33. The number of nitrogens with zero attached hydrogens (tertiary/aromatic N) is 3. The molecule has 0 radical (unpaired) electrons. The van der Waals surface area contributed by atoms with Crippen LogP contribution in [-0.4, -0.2) is 21.7 Å². The second-order valence-electron chi connectivity index (χ2n) is 7.69. The Labute approximate surface area is 183 Å². The number of thiazole rings is 1. The SMILES string of the molecule is COc1ccc2cc([C@H](C)c3nc4s/c(=C\c5ccc(C)cc5)c(=O)n4n3)ccc2c1. The van der Waals surface area contributed by atoms with Crippen molar-refractivity contribution < 1.29 is 4.74 Å². The number of aromatic nitrogens is 3. The third-order valence-corrected chi connectivity index (χ3v) is 6.49. The first-order valence-electron chi connectivity index (χ1n) is 10.1. The topological polar surface area (TPSA) is 56.5 Å². The van der Waals surface area contributed by atoms with Crippen LogP contribution in [0.4, 0.5) is 0 Å². The van der Waals surface area contributed by atoms with Gasteiger partial charge in [0.25, 0.3) is 5.56 Å². The van der Waals surface area contributed by atoms with Gasteiger partial charge in [-0.2, -0.15) is 4.52 Å². The van der Waals surface area contributed by atoms with Crippen molar-refractivity contribution in [3.05, 3.63) is 98.1 Å². The minimum Gasteiger partial charge on any atom is -0.497 e. The first kappa shape index (κ1) is 19.5. The first-order chi connectivity index (χ1) is 15.0. The highest BCUT2D eigenvalue weighted by Crippen LogP contribution is 2.27. The molecule has 0 amide bonds. The van der Waals surface area contributed by atoms with Gasteiger partial charge in [0.2, 0.25) is 4.96 Å². The van der Waals surface area contributed by atoms with Crippen molar-refractivity contribution in [1.29, 1.82) is 0 Å². The fraction of sp³-hybridized carbons (Fsp3) is 0.160. The van der Waals surface area contributed by atoms with Crippen molar-refractivity contribution in [2.45, 2.75) is 19.8 Å². The molecule has 5 rings (SSSR count). The molecule has 0 unspecified atom stereocenters. The third kappa shape index (κ3) is 3.59. The van der Waals surface area contributed by atoms with E-state index in [1.54, 1.807) is 7.11 Å². The zero-order chi connectivity index (χ0) is 21.5. The van der Waals surface area contributed by atoms with Crippen LogP contribution in [-0.2, 0) is 0 Å². The molecule has 0 saturated carbocycles. The van der Waals surface area contributed by atoms with Crippen LogP contribution in [0.3, 0.4) is 0 Å². The molecule has 5 nitrogen and oxygen atoms in total. The Morgan fingerprint density at radius 2 is 1.77 bits per heavy atom. The highest BCUT2D eigenvalue weighted by atomic mass is 32.1. The summed E-state index contributed by atoms with van der Waals surface area (Å²) in [6, 6.07) is 20.4. The second kappa shape index (κ2) is 7.63. The summed E-state index contributed by atoms with van der Waals surface area (Å²) in [5.74, 6) is 1.46. The number of hydrogen-bond donors (Lipinski definition) is 0. The molecule has 3 aromatic carbocycles. The molecule has 0 aliphatic carbocycles. The molecule has 0 aliphatic rings. The molecule has 6 heteroatoms. The highest BCUT2D eigenvalue weighted by molar-refractivity contribution is 7.15. The second-order valence-corrected chi connectivity index (χ2v) is 8.69. The maximum Gasteiger partial charge on any atom is 0.291 e. The summed E-state index contributed by atoms with van der Waals surface area (Å²) in [4.78, 5) is 18.1. The molecule has 0 fully saturated rings. The fourth-order valence-electron chi connectivity index (χ4n) is 3.63. The van der Waals surface area contributed by atoms with Gasteiger partial charge in [0.1, 0.15) is 5.75 Å². The van der Waals surface area contributed by atoms with E-state index < -0.39 is 0 Å². The van der Waals surface area contributed by atoms with Crippen LogP contribution in [0.2, 0.25) is 0 Å². The van der Waals surface area contributed by atoms with Crippen LogP contribution in [0.15, 0.2) is 65.5 Å². The van der Waals surface area contributed by atoms with Crippen LogP contribution in [0.25, 0.3) is 21.8 Å². The largest absolute Gasteiger partial charge is 0.497 e. The molecule has 0 spiro atoms. The summed E-state index contributed by atoms with van der Waals surface area (Å²) in [5.41, 5.74) is 3.16. The number of aryl methyl sites for hydroxylation is 1. The number of benzene rings is 3. The molecule has 31 heavy (non-hydrogen) atoms. The van der Waals surface area contributed by atoms with Crippen LogP contribution in [0.5, 0.6) is 5.75 Å². The third-order valence-electron chi connectivity index (χ3n) is 5.53. The van der Waals surface area contributed by atoms with Crippen LogP contribution >= 0.6 is 11.3 Å². The average molecular weight is 428 g/mol.